The number of benzene rings is 1. The lowest BCUT2D eigenvalue weighted by Gasteiger charge is -2.38. The van der Waals surface area contributed by atoms with Gasteiger partial charge in [-0.15, -0.1) is 0 Å². The summed E-state index contributed by atoms with van der Waals surface area (Å²) in [7, 11) is 0. The van der Waals surface area contributed by atoms with Crippen molar-refractivity contribution >= 4 is 0 Å². The van der Waals surface area contributed by atoms with Crippen LogP contribution in [0.25, 0.3) is 0 Å². The molecule has 2 fully saturated rings. The van der Waals surface area contributed by atoms with E-state index in [-0.39, 0.29) is 0 Å². The van der Waals surface area contributed by atoms with E-state index in [0.717, 1.165) is 50.1 Å². The second-order valence-electron chi connectivity index (χ2n) is 9.03. The lowest BCUT2D eigenvalue weighted by atomic mass is 9.87. The van der Waals surface area contributed by atoms with Gasteiger partial charge in [0.05, 0.1) is 5.69 Å². The highest BCUT2D eigenvalue weighted by molar-refractivity contribution is 5.33. The summed E-state index contributed by atoms with van der Waals surface area (Å²) in [6, 6.07) is 14.2. The average Bonchev–Trinajstić information content (AvgIpc) is 2.77. The predicted octanol–water partition coefficient (Wildman–Crippen LogP) is 3.68. The third-order valence-electron chi connectivity index (χ3n) is 6.60. The third-order valence-corrected chi connectivity index (χ3v) is 6.60. The molecule has 1 atom stereocenters. The van der Waals surface area contributed by atoms with Crippen molar-refractivity contribution in [2.75, 3.05) is 39.3 Å². The SMILES string of the molecule is CC1CCCN(CCOc2ccccc2CN2CCC(O)(c3ccccn3)CC2)C1. The molecule has 0 spiro atoms. The normalized spacial score (nSPS) is 22.7. The smallest absolute Gasteiger partial charge is 0.123 e. The minimum atomic E-state index is -0.806. The van der Waals surface area contributed by atoms with E-state index in [2.05, 4.69) is 46.0 Å². The van der Waals surface area contributed by atoms with E-state index in [1.807, 2.05) is 18.2 Å². The maximum atomic E-state index is 11.0. The molecular formula is C25H35N3O2. The van der Waals surface area contributed by atoms with Crippen molar-refractivity contribution in [3.05, 3.63) is 59.9 Å². The molecule has 30 heavy (non-hydrogen) atoms. The van der Waals surface area contributed by atoms with Gasteiger partial charge in [0.15, 0.2) is 0 Å². The third kappa shape index (κ3) is 5.39. The summed E-state index contributed by atoms with van der Waals surface area (Å²) in [6.07, 6.45) is 5.83. The first kappa shape index (κ1) is 21.3. The fraction of sp³-hybridized carbons (Fsp3) is 0.560. The second kappa shape index (κ2) is 9.90. The van der Waals surface area contributed by atoms with Gasteiger partial charge in [-0.3, -0.25) is 14.8 Å². The number of rotatable bonds is 7. The molecule has 0 aliphatic carbocycles. The van der Waals surface area contributed by atoms with Crippen molar-refractivity contribution < 1.29 is 9.84 Å². The quantitative estimate of drug-likeness (QED) is 0.756. The molecule has 1 aromatic carbocycles. The van der Waals surface area contributed by atoms with Crippen LogP contribution in [0, 0.1) is 5.92 Å². The number of aromatic nitrogens is 1. The van der Waals surface area contributed by atoms with Crippen molar-refractivity contribution in [1.29, 1.82) is 0 Å². The van der Waals surface area contributed by atoms with Crippen LogP contribution in [0.1, 0.15) is 43.9 Å². The molecule has 2 aromatic rings. The molecule has 162 valence electrons. The Balaban J connectivity index is 1.29. The van der Waals surface area contributed by atoms with Crippen molar-refractivity contribution in [3.63, 3.8) is 0 Å². The summed E-state index contributed by atoms with van der Waals surface area (Å²) in [5.74, 6) is 1.79. The molecule has 4 rings (SSSR count). The van der Waals surface area contributed by atoms with Gasteiger partial charge >= 0.3 is 0 Å². The Bertz CT molecular complexity index is 790. The van der Waals surface area contributed by atoms with Gasteiger partial charge in [-0.2, -0.15) is 0 Å². The maximum Gasteiger partial charge on any atom is 0.123 e. The number of ether oxygens (including phenoxy) is 1. The van der Waals surface area contributed by atoms with E-state index in [0.29, 0.717) is 12.8 Å². The van der Waals surface area contributed by atoms with E-state index >= 15 is 0 Å². The van der Waals surface area contributed by atoms with Crippen LogP contribution in [0.15, 0.2) is 48.7 Å². The lowest BCUT2D eigenvalue weighted by molar-refractivity contribution is -0.0312. The molecule has 2 saturated heterocycles. The molecule has 1 unspecified atom stereocenters. The Hall–Kier alpha value is -1.95. The van der Waals surface area contributed by atoms with Crippen molar-refractivity contribution in [1.82, 2.24) is 14.8 Å². The summed E-state index contributed by atoms with van der Waals surface area (Å²) in [5.41, 5.74) is 1.22. The molecule has 2 aliphatic heterocycles. The number of likely N-dealkylation sites (tertiary alicyclic amines) is 2. The molecule has 5 heteroatoms. The average molecular weight is 410 g/mol. The second-order valence-corrected chi connectivity index (χ2v) is 9.03. The minimum Gasteiger partial charge on any atom is -0.492 e. The van der Waals surface area contributed by atoms with Crippen molar-refractivity contribution in [2.45, 2.75) is 44.8 Å². The highest BCUT2D eigenvalue weighted by Gasteiger charge is 2.35. The van der Waals surface area contributed by atoms with Gasteiger partial charge in [0.25, 0.3) is 0 Å². The number of pyridine rings is 1. The monoisotopic (exact) mass is 409 g/mol. The van der Waals surface area contributed by atoms with Crippen LogP contribution >= 0.6 is 0 Å². The Morgan fingerprint density at radius 3 is 2.63 bits per heavy atom. The minimum absolute atomic E-state index is 0.709. The zero-order chi connectivity index (χ0) is 20.8. The number of para-hydroxylation sites is 1. The Labute approximate surface area is 180 Å². The predicted molar refractivity (Wildman–Crippen MR) is 119 cm³/mol. The van der Waals surface area contributed by atoms with Crippen LogP contribution in [0.3, 0.4) is 0 Å². The van der Waals surface area contributed by atoms with Crippen molar-refractivity contribution in [3.8, 4) is 5.75 Å². The van der Waals surface area contributed by atoms with E-state index in [1.165, 1.54) is 31.5 Å². The van der Waals surface area contributed by atoms with Gasteiger partial charge in [0.2, 0.25) is 0 Å². The van der Waals surface area contributed by atoms with Gasteiger partial charge in [-0.1, -0.05) is 31.2 Å². The zero-order valence-electron chi connectivity index (χ0n) is 18.2. The van der Waals surface area contributed by atoms with E-state index < -0.39 is 5.60 Å². The first-order valence-electron chi connectivity index (χ1n) is 11.4. The van der Waals surface area contributed by atoms with E-state index in [4.69, 9.17) is 4.74 Å². The van der Waals surface area contributed by atoms with E-state index in [9.17, 15) is 5.11 Å². The number of hydrogen-bond donors (Lipinski definition) is 1. The van der Waals surface area contributed by atoms with Crippen molar-refractivity contribution in [2.24, 2.45) is 5.92 Å². The summed E-state index contributed by atoms with van der Waals surface area (Å²) < 4.78 is 6.20. The molecule has 0 amide bonds. The summed E-state index contributed by atoms with van der Waals surface area (Å²) >= 11 is 0. The van der Waals surface area contributed by atoms with Crippen LogP contribution in [0.2, 0.25) is 0 Å². The molecular weight excluding hydrogens is 374 g/mol. The summed E-state index contributed by atoms with van der Waals surface area (Å²) in [6.45, 7) is 9.04. The first-order valence-corrected chi connectivity index (χ1v) is 11.4. The number of piperidine rings is 2. The van der Waals surface area contributed by atoms with Gasteiger partial charge in [0.1, 0.15) is 18.0 Å². The number of nitrogens with zero attached hydrogens (tertiary/aromatic N) is 3. The molecule has 1 aromatic heterocycles. The van der Waals surface area contributed by atoms with Crippen LogP contribution in [-0.2, 0) is 12.1 Å². The summed E-state index contributed by atoms with van der Waals surface area (Å²) in [4.78, 5) is 9.32. The number of aliphatic hydroxyl groups is 1. The maximum absolute atomic E-state index is 11.0. The molecule has 2 aliphatic rings. The Morgan fingerprint density at radius 1 is 1.07 bits per heavy atom. The van der Waals surface area contributed by atoms with E-state index in [1.54, 1.807) is 6.20 Å². The van der Waals surface area contributed by atoms with Crippen LogP contribution in [-0.4, -0.2) is 59.2 Å². The van der Waals surface area contributed by atoms with Crippen LogP contribution < -0.4 is 4.74 Å². The zero-order valence-corrected chi connectivity index (χ0v) is 18.2. The molecule has 3 heterocycles. The highest BCUT2D eigenvalue weighted by Crippen LogP contribution is 2.32. The standard InChI is InChI=1S/C25H35N3O2/c1-21-7-6-14-27(19-21)17-18-30-23-9-3-2-8-22(23)20-28-15-11-25(29,12-16-28)24-10-4-5-13-26-24/h2-5,8-10,13,21,29H,6-7,11-12,14-20H2,1H3. The van der Waals surface area contributed by atoms with Gasteiger partial charge in [-0.05, 0) is 56.3 Å². The largest absolute Gasteiger partial charge is 0.492 e. The van der Waals surface area contributed by atoms with Crippen LogP contribution in [0.4, 0.5) is 0 Å². The first-order chi connectivity index (χ1) is 14.6. The Kier molecular flexibility index (Phi) is 7.03. The fourth-order valence-corrected chi connectivity index (χ4v) is 4.77. The molecule has 0 saturated carbocycles. The van der Waals surface area contributed by atoms with Gasteiger partial charge in [0, 0.05) is 44.5 Å². The molecule has 5 nitrogen and oxygen atoms in total. The topological polar surface area (TPSA) is 48.8 Å². The van der Waals surface area contributed by atoms with Gasteiger partial charge < -0.3 is 9.84 Å². The van der Waals surface area contributed by atoms with Crippen LogP contribution in [0.5, 0.6) is 5.75 Å². The molecule has 0 radical (unpaired) electrons. The fourth-order valence-electron chi connectivity index (χ4n) is 4.77. The lowest BCUT2D eigenvalue weighted by Crippen LogP contribution is -2.42. The molecule has 0 bridgehead atoms. The number of hydrogen-bond acceptors (Lipinski definition) is 5. The van der Waals surface area contributed by atoms with Gasteiger partial charge in [-0.25, -0.2) is 0 Å². The highest BCUT2D eigenvalue weighted by atomic mass is 16.5. The Morgan fingerprint density at radius 2 is 1.87 bits per heavy atom. The molecule has 1 N–H and O–H groups in total. The summed E-state index contributed by atoms with van der Waals surface area (Å²) in [5, 5.41) is 11.0.